The largest absolute Gasteiger partial charge is 0.493 e. The quantitative estimate of drug-likeness (QED) is 0.598. The zero-order valence-electron chi connectivity index (χ0n) is 13.3. The molecule has 2 aromatic carbocycles. The van der Waals surface area contributed by atoms with Crippen LogP contribution in [0.25, 0.3) is 22.9 Å². The average molecular weight is 332 g/mol. The summed E-state index contributed by atoms with van der Waals surface area (Å²) in [5, 5.41) is 12.2. The maximum Gasteiger partial charge on any atom is 0.134 e. The van der Waals surface area contributed by atoms with Gasteiger partial charge < -0.3 is 4.74 Å². The number of benzene rings is 2. The minimum absolute atomic E-state index is 0.536. The van der Waals surface area contributed by atoms with Crippen LogP contribution in [0.5, 0.6) is 5.75 Å². The van der Waals surface area contributed by atoms with Gasteiger partial charge in [-0.2, -0.15) is 5.26 Å². The van der Waals surface area contributed by atoms with Crippen molar-refractivity contribution in [3.63, 3.8) is 0 Å². The molecule has 3 rings (SSSR count). The van der Waals surface area contributed by atoms with Crippen LogP contribution in [-0.2, 0) is 0 Å². The summed E-state index contributed by atoms with van der Waals surface area (Å²) in [4.78, 5) is 4.61. The third kappa shape index (κ3) is 3.53. The summed E-state index contributed by atoms with van der Waals surface area (Å²) >= 11 is 1.47. The maximum absolute atomic E-state index is 9.55. The first-order valence-electron chi connectivity index (χ1n) is 7.66. The third-order valence-electron chi connectivity index (χ3n) is 3.44. The van der Waals surface area contributed by atoms with E-state index in [9.17, 15) is 5.26 Å². The van der Waals surface area contributed by atoms with Gasteiger partial charge in [-0.1, -0.05) is 48.5 Å². The van der Waals surface area contributed by atoms with Crippen molar-refractivity contribution in [2.45, 2.75) is 6.92 Å². The van der Waals surface area contributed by atoms with Gasteiger partial charge in [-0.25, -0.2) is 4.98 Å². The highest BCUT2D eigenvalue weighted by Crippen LogP contribution is 2.29. The smallest absolute Gasteiger partial charge is 0.134 e. The molecule has 0 aliphatic heterocycles. The number of para-hydroxylation sites is 1. The fraction of sp³-hybridized carbons (Fsp3) is 0.100. The number of hydrogen-bond donors (Lipinski definition) is 0. The molecule has 0 atom stereocenters. The molecule has 24 heavy (non-hydrogen) atoms. The van der Waals surface area contributed by atoms with Gasteiger partial charge in [-0.3, -0.25) is 0 Å². The maximum atomic E-state index is 9.55. The van der Waals surface area contributed by atoms with Crippen LogP contribution in [0.15, 0.2) is 60.0 Å². The molecule has 0 N–H and O–H groups in total. The SMILES string of the molecule is CCOc1ccccc1C=C(C#N)c1nc(-c2ccccc2)cs1. The van der Waals surface area contributed by atoms with E-state index in [2.05, 4.69) is 11.1 Å². The summed E-state index contributed by atoms with van der Waals surface area (Å²) in [7, 11) is 0. The third-order valence-corrected chi connectivity index (χ3v) is 4.32. The van der Waals surface area contributed by atoms with Crippen molar-refractivity contribution in [3.8, 4) is 23.1 Å². The number of thiazole rings is 1. The topological polar surface area (TPSA) is 45.9 Å². The second-order valence-corrected chi connectivity index (χ2v) is 5.90. The molecule has 0 fully saturated rings. The van der Waals surface area contributed by atoms with E-state index in [1.807, 2.05) is 73.0 Å². The second-order valence-electron chi connectivity index (χ2n) is 5.04. The molecule has 0 amide bonds. The summed E-state index contributed by atoms with van der Waals surface area (Å²) in [5.74, 6) is 0.771. The number of aromatic nitrogens is 1. The van der Waals surface area contributed by atoms with Crippen molar-refractivity contribution in [1.82, 2.24) is 4.98 Å². The minimum atomic E-state index is 0.536. The van der Waals surface area contributed by atoms with Crippen molar-refractivity contribution in [1.29, 1.82) is 5.26 Å². The van der Waals surface area contributed by atoms with Crippen molar-refractivity contribution in [3.05, 3.63) is 70.5 Å². The predicted molar refractivity (Wildman–Crippen MR) is 98.6 cm³/mol. The molecule has 0 bridgehead atoms. The van der Waals surface area contributed by atoms with E-state index in [1.165, 1.54) is 11.3 Å². The van der Waals surface area contributed by atoms with E-state index in [0.717, 1.165) is 22.6 Å². The normalized spacial score (nSPS) is 11.1. The fourth-order valence-corrected chi connectivity index (χ4v) is 3.12. The number of ether oxygens (including phenoxy) is 1. The van der Waals surface area contributed by atoms with Crippen LogP contribution in [0.2, 0.25) is 0 Å². The first-order chi connectivity index (χ1) is 11.8. The van der Waals surface area contributed by atoms with E-state index < -0.39 is 0 Å². The van der Waals surface area contributed by atoms with Crippen LogP contribution in [0.4, 0.5) is 0 Å². The number of nitriles is 1. The van der Waals surface area contributed by atoms with Crippen LogP contribution < -0.4 is 4.74 Å². The Morgan fingerprint density at radius 1 is 1.17 bits per heavy atom. The van der Waals surface area contributed by atoms with Crippen molar-refractivity contribution >= 4 is 23.0 Å². The molecule has 0 saturated carbocycles. The highest BCUT2D eigenvalue weighted by Gasteiger charge is 2.10. The molecule has 1 aromatic heterocycles. The van der Waals surface area contributed by atoms with Gasteiger partial charge in [-0.15, -0.1) is 11.3 Å². The summed E-state index contributed by atoms with van der Waals surface area (Å²) < 4.78 is 5.62. The molecule has 3 aromatic rings. The Morgan fingerprint density at radius 2 is 1.92 bits per heavy atom. The summed E-state index contributed by atoms with van der Waals surface area (Å²) in [6, 6.07) is 19.9. The lowest BCUT2D eigenvalue weighted by Gasteiger charge is -2.06. The zero-order chi connectivity index (χ0) is 16.8. The van der Waals surface area contributed by atoms with E-state index in [-0.39, 0.29) is 0 Å². The highest BCUT2D eigenvalue weighted by atomic mass is 32.1. The van der Waals surface area contributed by atoms with Crippen LogP contribution in [-0.4, -0.2) is 11.6 Å². The van der Waals surface area contributed by atoms with Crippen LogP contribution in [0.3, 0.4) is 0 Å². The molecule has 118 valence electrons. The molecular weight excluding hydrogens is 316 g/mol. The average Bonchev–Trinajstić information content (AvgIpc) is 3.12. The van der Waals surface area contributed by atoms with Crippen molar-refractivity contribution in [2.24, 2.45) is 0 Å². The summed E-state index contributed by atoms with van der Waals surface area (Å²) in [6.07, 6.45) is 1.83. The Balaban J connectivity index is 1.96. The van der Waals surface area contributed by atoms with E-state index in [1.54, 1.807) is 0 Å². The Kier molecular flexibility index (Phi) is 5.05. The molecular formula is C20H16N2OS. The number of nitrogens with zero attached hydrogens (tertiary/aromatic N) is 2. The molecule has 0 saturated heterocycles. The highest BCUT2D eigenvalue weighted by molar-refractivity contribution is 7.11. The van der Waals surface area contributed by atoms with E-state index >= 15 is 0 Å². The van der Waals surface area contributed by atoms with Crippen molar-refractivity contribution in [2.75, 3.05) is 6.61 Å². The predicted octanol–water partition coefficient (Wildman–Crippen LogP) is 5.27. The minimum Gasteiger partial charge on any atom is -0.493 e. The Labute approximate surface area is 145 Å². The summed E-state index contributed by atoms with van der Waals surface area (Å²) in [6.45, 7) is 2.53. The monoisotopic (exact) mass is 332 g/mol. The zero-order valence-corrected chi connectivity index (χ0v) is 14.1. The Morgan fingerprint density at radius 3 is 2.67 bits per heavy atom. The van der Waals surface area contributed by atoms with Gasteiger partial charge >= 0.3 is 0 Å². The van der Waals surface area contributed by atoms with Gasteiger partial charge in [0.15, 0.2) is 0 Å². The lowest BCUT2D eigenvalue weighted by Crippen LogP contribution is -1.93. The second kappa shape index (κ2) is 7.58. The first-order valence-corrected chi connectivity index (χ1v) is 8.54. The van der Waals surface area contributed by atoms with Gasteiger partial charge in [0.25, 0.3) is 0 Å². The first kappa shape index (κ1) is 16.0. The van der Waals surface area contributed by atoms with Gasteiger partial charge in [0.05, 0.1) is 17.9 Å². The summed E-state index contributed by atoms with van der Waals surface area (Å²) in [5.41, 5.74) is 3.35. The van der Waals surface area contributed by atoms with E-state index in [0.29, 0.717) is 17.2 Å². The standard InChI is InChI=1S/C20H16N2OS/c1-2-23-19-11-7-6-10-16(19)12-17(13-21)20-22-18(14-24-20)15-8-4-3-5-9-15/h3-12,14H,2H2,1H3. The number of hydrogen-bond acceptors (Lipinski definition) is 4. The van der Waals surface area contributed by atoms with Crippen molar-refractivity contribution < 1.29 is 4.74 Å². The van der Waals surface area contributed by atoms with Gasteiger partial charge in [0.2, 0.25) is 0 Å². The van der Waals surface area contributed by atoms with Gasteiger partial charge in [0, 0.05) is 16.5 Å². The molecule has 4 heteroatoms. The molecule has 0 spiro atoms. The molecule has 0 unspecified atom stereocenters. The van der Waals surface area contributed by atoms with Crippen LogP contribution in [0, 0.1) is 11.3 Å². The number of allylic oxidation sites excluding steroid dienone is 1. The fourth-order valence-electron chi connectivity index (χ4n) is 2.32. The molecule has 3 nitrogen and oxygen atoms in total. The van der Waals surface area contributed by atoms with Gasteiger partial charge in [0.1, 0.15) is 16.8 Å². The molecule has 0 aliphatic carbocycles. The Hall–Kier alpha value is -2.90. The Bertz CT molecular complexity index is 891. The lowest BCUT2D eigenvalue weighted by molar-refractivity contribution is 0.339. The lowest BCUT2D eigenvalue weighted by atomic mass is 10.1. The molecule has 0 radical (unpaired) electrons. The number of rotatable bonds is 5. The van der Waals surface area contributed by atoms with Crippen LogP contribution in [0.1, 0.15) is 17.5 Å². The van der Waals surface area contributed by atoms with Gasteiger partial charge in [-0.05, 0) is 19.1 Å². The van der Waals surface area contributed by atoms with E-state index in [4.69, 9.17) is 4.74 Å². The van der Waals surface area contributed by atoms with Crippen LogP contribution >= 0.6 is 11.3 Å². The molecule has 0 aliphatic rings. The molecule has 1 heterocycles.